The molecule has 0 amide bonds. The van der Waals surface area contributed by atoms with Gasteiger partial charge in [0.2, 0.25) is 0 Å². The van der Waals surface area contributed by atoms with E-state index < -0.39 is 0 Å². The van der Waals surface area contributed by atoms with E-state index in [0.29, 0.717) is 6.04 Å². The van der Waals surface area contributed by atoms with Crippen LogP contribution in [0.4, 0.5) is 4.39 Å². The zero-order valence-corrected chi connectivity index (χ0v) is 14.5. The molecule has 0 aliphatic carbocycles. The Kier molecular flexibility index (Phi) is 4.48. The smallest absolute Gasteiger partial charge is 0.137 e. The monoisotopic (exact) mass is 342 g/mol. The number of hydrogen-bond donors (Lipinski definition) is 0. The predicted octanol–water partition coefficient (Wildman–Crippen LogP) is 2.84. The number of benzene rings is 1. The summed E-state index contributed by atoms with van der Waals surface area (Å²) >= 11 is 0. The van der Waals surface area contributed by atoms with Crippen molar-refractivity contribution < 1.29 is 4.39 Å². The molecule has 1 aromatic carbocycles. The van der Waals surface area contributed by atoms with Gasteiger partial charge in [-0.2, -0.15) is 5.10 Å². The average Bonchev–Trinajstić information content (AvgIpc) is 3.23. The first-order valence-electron chi connectivity index (χ1n) is 8.95. The van der Waals surface area contributed by atoms with Crippen LogP contribution in [0.1, 0.15) is 32.0 Å². The molecule has 0 N–H and O–H groups in total. The van der Waals surface area contributed by atoms with E-state index in [-0.39, 0.29) is 5.82 Å². The Labute approximate surface area is 146 Å². The van der Waals surface area contributed by atoms with Crippen molar-refractivity contribution in [3.8, 4) is 0 Å². The highest BCUT2D eigenvalue weighted by Crippen LogP contribution is 2.23. The molecule has 4 rings (SSSR count). The number of imidazole rings is 1. The second-order valence-electron chi connectivity index (χ2n) is 6.64. The van der Waals surface area contributed by atoms with Gasteiger partial charge in [0.15, 0.2) is 0 Å². The van der Waals surface area contributed by atoms with E-state index >= 15 is 0 Å². The van der Waals surface area contributed by atoms with Crippen LogP contribution in [-0.2, 0) is 19.6 Å². The zero-order chi connectivity index (χ0) is 17.2. The van der Waals surface area contributed by atoms with Gasteiger partial charge in [-0.25, -0.2) is 14.4 Å². The normalized spacial score (nSPS) is 18.9. The summed E-state index contributed by atoms with van der Waals surface area (Å²) in [6.45, 7) is 5.63. The number of piperidine rings is 1. The Hall–Kier alpha value is -2.28. The van der Waals surface area contributed by atoms with Crippen LogP contribution in [0.3, 0.4) is 0 Å². The molecule has 0 bridgehead atoms. The van der Waals surface area contributed by atoms with Crippen LogP contribution >= 0.6 is 0 Å². The van der Waals surface area contributed by atoms with Crippen molar-refractivity contribution in [1.82, 2.24) is 29.2 Å². The predicted molar refractivity (Wildman–Crippen MR) is 93.4 cm³/mol. The first kappa shape index (κ1) is 16.2. The first-order valence-corrected chi connectivity index (χ1v) is 8.95. The molecular formula is C18H23FN6. The van der Waals surface area contributed by atoms with Gasteiger partial charge >= 0.3 is 0 Å². The molecule has 7 heteroatoms. The molecule has 1 atom stereocenters. The maximum Gasteiger partial charge on any atom is 0.137 e. The third-order valence-electron chi connectivity index (χ3n) is 5.06. The number of rotatable bonds is 5. The van der Waals surface area contributed by atoms with Crippen LogP contribution in [0.15, 0.2) is 30.9 Å². The molecule has 132 valence electrons. The third-order valence-corrected chi connectivity index (χ3v) is 5.06. The van der Waals surface area contributed by atoms with Gasteiger partial charge in [-0.05, 0) is 38.4 Å². The topological polar surface area (TPSA) is 51.8 Å². The van der Waals surface area contributed by atoms with Crippen LogP contribution in [0.2, 0.25) is 0 Å². The lowest BCUT2D eigenvalue weighted by molar-refractivity contribution is 0.117. The van der Waals surface area contributed by atoms with Crippen LogP contribution in [0.5, 0.6) is 0 Å². The van der Waals surface area contributed by atoms with Crippen molar-refractivity contribution >= 4 is 11.0 Å². The van der Waals surface area contributed by atoms with Gasteiger partial charge in [-0.1, -0.05) is 6.42 Å². The van der Waals surface area contributed by atoms with Crippen LogP contribution in [-0.4, -0.2) is 41.8 Å². The average molecular weight is 342 g/mol. The summed E-state index contributed by atoms with van der Waals surface area (Å²) < 4.78 is 17.6. The van der Waals surface area contributed by atoms with E-state index in [0.717, 1.165) is 49.5 Å². The fourth-order valence-electron chi connectivity index (χ4n) is 3.83. The van der Waals surface area contributed by atoms with Crippen molar-refractivity contribution in [3.05, 3.63) is 42.5 Å². The Balaban J connectivity index is 1.59. The molecular weight excluding hydrogens is 319 g/mol. The van der Waals surface area contributed by atoms with Gasteiger partial charge in [-0.15, -0.1) is 0 Å². The molecule has 0 spiro atoms. The largest absolute Gasteiger partial charge is 0.327 e. The lowest BCUT2D eigenvalue weighted by atomic mass is 10.0. The van der Waals surface area contributed by atoms with Crippen LogP contribution < -0.4 is 0 Å². The summed E-state index contributed by atoms with van der Waals surface area (Å²) in [7, 11) is 0. The van der Waals surface area contributed by atoms with Gasteiger partial charge in [0.1, 0.15) is 24.3 Å². The van der Waals surface area contributed by atoms with E-state index in [1.807, 2.05) is 10.7 Å². The molecule has 25 heavy (non-hydrogen) atoms. The van der Waals surface area contributed by atoms with E-state index in [2.05, 4.69) is 26.5 Å². The highest BCUT2D eigenvalue weighted by molar-refractivity contribution is 5.76. The summed E-state index contributed by atoms with van der Waals surface area (Å²) in [6, 6.07) is 5.29. The maximum absolute atomic E-state index is 13.5. The summed E-state index contributed by atoms with van der Waals surface area (Å²) in [5.41, 5.74) is 1.74. The molecule has 0 radical (unpaired) electrons. The van der Waals surface area contributed by atoms with E-state index in [9.17, 15) is 4.39 Å². The molecule has 1 aliphatic heterocycles. The van der Waals surface area contributed by atoms with Crippen molar-refractivity contribution in [2.75, 3.05) is 6.54 Å². The number of halogens is 1. The number of nitrogens with zero attached hydrogens (tertiary/aromatic N) is 6. The molecule has 1 saturated heterocycles. The van der Waals surface area contributed by atoms with Crippen LogP contribution in [0.25, 0.3) is 11.0 Å². The SMILES string of the molecule is CCn1c(CN2CCCC[C@@H]2Cn2cncn2)nc2cc(F)ccc21. The summed E-state index contributed by atoms with van der Waals surface area (Å²) in [4.78, 5) is 11.2. The molecule has 3 heterocycles. The van der Waals surface area contributed by atoms with Crippen molar-refractivity contribution in [2.45, 2.75) is 51.9 Å². The van der Waals surface area contributed by atoms with Gasteiger partial charge < -0.3 is 4.57 Å². The first-order chi connectivity index (χ1) is 12.2. The molecule has 0 unspecified atom stereocenters. The summed E-state index contributed by atoms with van der Waals surface area (Å²) in [5.74, 6) is 0.774. The molecule has 6 nitrogen and oxygen atoms in total. The van der Waals surface area contributed by atoms with E-state index in [1.165, 1.54) is 25.0 Å². The number of aryl methyl sites for hydroxylation is 1. The fraction of sp³-hybridized carbons (Fsp3) is 0.500. The van der Waals surface area contributed by atoms with Gasteiger partial charge in [0, 0.05) is 18.7 Å². The number of hydrogen-bond acceptors (Lipinski definition) is 4. The number of fused-ring (bicyclic) bond motifs is 1. The highest BCUT2D eigenvalue weighted by atomic mass is 19.1. The minimum atomic E-state index is -0.234. The molecule has 1 aliphatic rings. The minimum absolute atomic E-state index is 0.234. The Morgan fingerprint density at radius 2 is 2.20 bits per heavy atom. The Morgan fingerprint density at radius 3 is 3.00 bits per heavy atom. The molecule has 0 saturated carbocycles. The second kappa shape index (κ2) is 6.92. The summed E-state index contributed by atoms with van der Waals surface area (Å²) in [5, 5.41) is 4.25. The number of likely N-dealkylation sites (tertiary alicyclic amines) is 1. The van der Waals surface area contributed by atoms with Crippen molar-refractivity contribution in [3.63, 3.8) is 0 Å². The number of aromatic nitrogens is 5. The Morgan fingerprint density at radius 1 is 1.28 bits per heavy atom. The minimum Gasteiger partial charge on any atom is -0.327 e. The van der Waals surface area contributed by atoms with E-state index in [1.54, 1.807) is 12.7 Å². The van der Waals surface area contributed by atoms with Crippen LogP contribution in [0, 0.1) is 5.82 Å². The standard InChI is InChI=1S/C18H23FN6/c1-2-25-17-7-6-14(19)9-16(17)22-18(25)11-23-8-4-3-5-15(23)10-24-13-20-12-21-24/h6-7,9,12-13,15H,2-5,8,10-11H2,1H3/t15-/m1/s1. The zero-order valence-electron chi connectivity index (χ0n) is 14.5. The molecule has 3 aromatic rings. The Bertz CT molecular complexity index is 841. The van der Waals surface area contributed by atoms with Crippen molar-refractivity contribution in [2.24, 2.45) is 0 Å². The third kappa shape index (κ3) is 3.28. The molecule has 1 fully saturated rings. The second-order valence-corrected chi connectivity index (χ2v) is 6.64. The van der Waals surface area contributed by atoms with Gasteiger partial charge in [0.05, 0.1) is 24.1 Å². The lowest BCUT2D eigenvalue weighted by Gasteiger charge is -2.35. The quantitative estimate of drug-likeness (QED) is 0.715. The maximum atomic E-state index is 13.5. The lowest BCUT2D eigenvalue weighted by Crippen LogP contribution is -2.42. The van der Waals surface area contributed by atoms with Crippen molar-refractivity contribution in [1.29, 1.82) is 0 Å². The van der Waals surface area contributed by atoms with E-state index in [4.69, 9.17) is 4.98 Å². The molecule has 2 aromatic heterocycles. The summed E-state index contributed by atoms with van der Waals surface area (Å²) in [6.07, 6.45) is 6.95. The van der Waals surface area contributed by atoms with Gasteiger partial charge in [-0.3, -0.25) is 9.58 Å². The fourth-order valence-corrected chi connectivity index (χ4v) is 3.83. The highest BCUT2D eigenvalue weighted by Gasteiger charge is 2.25. The van der Waals surface area contributed by atoms with Gasteiger partial charge in [0.25, 0.3) is 0 Å².